The van der Waals surface area contributed by atoms with Crippen LogP contribution in [0, 0.1) is 23.6 Å². The number of allylic oxidation sites excluding steroid dienone is 1. The van der Waals surface area contributed by atoms with Crippen LogP contribution in [0.25, 0.3) is 0 Å². The molecule has 15 heteroatoms. The second-order valence-corrected chi connectivity index (χ2v) is 20.7. The van der Waals surface area contributed by atoms with E-state index < -0.39 is 41.7 Å². The van der Waals surface area contributed by atoms with Gasteiger partial charge in [-0.1, -0.05) is 137 Å². The smallest absolute Gasteiger partial charge is 0.417 e. The molecule has 0 saturated heterocycles. The minimum Gasteiger partial charge on any atom is -0.497 e. The van der Waals surface area contributed by atoms with E-state index in [2.05, 4.69) is 24.9 Å². The number of amides is 2. The first kappa shape index (κ1) is 59.2. The van der Waals surface area contributed by atoms with Crippen LogP contribution in [0.3, 0.4) is 0 Å². The zero-order valence-corrected chi connectivity index (χ0v) is 46.0. The standard InChI is InChI=1S/C63H82FN3O11/c1-5-7-8-9-10-11-12-13-14-22-38-74-62(71)67(43-45-27-29-48(64)30-28-45)58-42-55(66-76-44-46-23-16-15-17-24-46)52-39-47(25-18-20-35-68)51(26-19-21-36-69)59-53-40-50(32-34-56(53)78-63(58,60(52)59)75-37-6-2)77-61(70)65-54-33-31-49(72-3)41-57(54)73-4/h6,15-17,23-24,27-34,39-41,47,51,58-60,68-69H,2,5,7-14,18-22,25-26,35-38,42-44H2,1,3-4H3,(H,65,70)/t47-,51+,58-,59+,60+,63+/m0/s1. The van der Waals surface area contributed by atoms with E-state index in [1.165, 1.54) is 57.8 Å². The SMILES string of the molecule is C=CCO[C@@]12Oc3ccc(OC(=O)Nc4ccc(OC)cc4OC)cc3[C@H]3[C@H](CCCCO)[C@@H](CCCCO)C=C(C(=NOCc4ccccc4)C[C@@H]1N(Cc1ccc(F)cc1)C(=O)OCCCCCCCCCCCC)[C@H]32. The summed E-state index contributed by atoms with van der Waals surface area (Å²) in [5, 5.41) is 28.0. The highest BCUT2D eigenvalue weighted by atomic mass is 19.1. The first-order valence-corrected chi connectivity index (χ1v) is 28.3. The monoisotopic (exact) mass is 1080 g/mol. The van der Waals surface area contributed by atoms with E-state index in [0.717, 1.165) is 48.8 Å². The lowest BCUT2D eigenvalue weighted by Crippen LogP contribution is -2.70. The Hall–Kier alpha value is -6.42. The highest BCUT2D eigenvalue weighted by Crippen LogP contribution is 2.62. The molecule has 14 nitrogen and oxygen atoms in total. The zero-order valence-electron chi connectivity index (χ0n) is 46.0. The molecule has 422 valence electrons. The molecule has 0 radical (unpaired) electrons. The molecule has 2 aliphatic carbocycles. The van der Waals surface area contributed by atoms with Gasteiger partial charge in [-0.15, -0.1) is 6.58 Å². The number of aliphatic hydroxyl groups is 2. The van der Waals surface area contributed by atoms with E-state index >= 15 is 4.79 Å². The van der Waals surface area contributed by atoms with Crippen molar-refractivity contribution < 1.29 is 57.5 Å². The molecule has 4 aromatic carbocycles. The van der Waals surface area contributed by atoms with Gasteiger partial charge in [-0.3, -0.25) is 10.2 Å². The van der Waals surface area contributed by atoms with Gasteiger partial charge in [0.1, 0.15) is 41.5 Å². The number of nitrogens with zero attached hydrogens (tertiary/aromatic N) is 2. The van der Waals surface area contributed by atoms with Crippen LogP contribution in [0.2, 0.25) is 0 Å². The Bertz CT molecular complexity index is 2580. The second-order valence-electron chi connectivity index (χ2n) is 20.7. The maximum atomic E-state index is 15.2. The predicted molar refractivity (Wildman–Crippen MR) is 301 cm³/mol. The third-order valence-corrected chi connectivity index (χ3v) is 15.3. The third-order valence-electron chi connectivity index (χ3n) is 15.3. The van der Waals surface area contributed by atoms with Crippen LogP contribution in [0.15, 0.2) is 120 Å². The summed E-state index contributed by atoms with van der Waals surface area (Å²) in [5.74, 6) is -1.59. The Balaban J connectivity index is 1.33. The van der Waals surface area contributed by atoms with E-state index in [0.29, 0.717) is 66.3 Å². The van der Waals surface area contributed by atoms with Crippen molar-refractivity contribution in [3.63, 3.8) is 0 Å². The number of hydrogen-bond acceptors (Lipinski definition) is 12. The number of benzene rings is 4. The summed E-state index contributed by atoms with van der Waals surface area (Å²) in [6.07, 6.45) is 18.1. The Morgan fingerprint density at radius 3 is 2.22 bits per heavy atom. The molecule has 7 rings (SSSR count). The number of carbonyl (C=O) groups is 2. The molecule has 0 unspecified atom stereocenters. The summed E-state index contributed by atoms with van der Waals surface area (Å²) >= 11 is 0. The number of fused-ring (bicyclic) bond motifs is 2. The van der Waals surface area contributed by atoms with Crippen LogP contribution in [0.5, 0.6) is 23.0 Å². The molecule has 1 aliphatic heterocycles. The van der Waals surface area contributed by atoms with E-state index in [9.17, 15) is 19.4 Å². The summed E-state index contributed by atoms with van der Waals surface area (Å²) in [6.45, 7) is 6.82. The molecular weight excluding hydrogens is 994 g/mol. The van der Waals surface area contributed by atoms with Gasteiger partial charge in [0.2, 0.25) is 5.79 Å². The summed E-state index contributed by atoms with van der Waals surface area (Å²) in [6, 6.07) is 25.3. The zero-order chi connectivity index (χ0) is 55.1. The fourth-order valence-electron chi connectivity index (χ4n) is 11.5. The van der Waals surface area contributed by atoms with Crippen molar-refractivity contribution in [1.29, 1.82) is 0 Å². The molecule has 3 aliphatic rings. The number of ether oxygens (including phenoxy) is 6. The molecule has 1 saturated carbocycles. The average Bonchev–Trinajstić information content (AvgIpc) is 3.65. The number of oxime groups is 1. The fraction of sp³-hybridized carbons (Fsp3) is 0.508. The maximum absolute atomic E-state index is 15.2. The van der Waals surface area contributed by atoms with E-state index in [4.69, 9.17) is 38.4 Å². The van der Waals surface area contributed by atoms with Gasteiger partial charge >= 0.3 is 12.2 Å². The number of unbranched alkanes of at least 4 members (excludes halogenated alkanes) is 11. The topological polar surface area (TPSA) is 167 Å². The van der Waals surface area contributed by atoms with Gasteiger partial charge in [-0.25, -0.2) is 14.0 Å². The number of carbonyl (C=O) groups excluding carboxylic acids is 2. The van der Waals surface area contributed by atoms with E-state index in [1.807, 2.05) is 36.4 Å². The van der Waals surface area contributed by atoms with Crippen LogP contribution in [-0.4, -0.2) is 85.5 Å². The molecule has 4 aromatic rings. The van der Waals surface area contributed by atoms with Gasteiger partial charge in [-0.05, 0) is 103 Å². The van der Waals surface area contributed by atoms with Crippen molar-refractivity contribution in [2.45, 2.75) is 147 Å². The van der Waals surface area contributed by atoms with Gasteiger partial charge in [0.15, 0.2) is 0 Å². The lowest BCUT2D eigenvalue weighted by Gasteiger charge is -2.59. The number of aliphatic hydroxyl groups excluding tert-OH is 2. The van der Waals surface area contributed by atoms with E-state index in [1.54, 1.807) is 60.6 Å². The number of hydrogen-bond donors (Lipinski definition) is 3. The Morgan fingerprint density at radius 2 is 1.53 bits per heavy atom. The van der Waals surface area contributed by atoms with Crippen molar-refractivity contribution in [1.82, 2.24) is 4.90 Å². The fourth-order valence-corrected chi connectivity index (χ4v) is 11.5. The Kier molecular flexibility index (Phi) is 23.3. The van der Waals surface area contributed by atoms with Crippen LogP contribution < -0.4 is 24.3 Å². The van der Waals surface area contributed by atoms with Gasteiger partial charge in [-0.2, -0.15) is 0 Å². The van der Waals surface area contributed by atoms with E-state index in [-0.39, 0.29) is 63.6 Å². The molecule has 6 atom stereocenters. The lowest BCUT2D eigenvalue weighted by atomic mass is 9.55. The van der Waals surface area contributed by atoms with Crippen molar-refractivity contribution in [2.75, 3.05) is 46.0 Å². The molecule has 78 heavy (non-hydrogen) atoms. The first-order valence-electron chi connectivity index (χ1n) is 28.3. The molecule has 0 bridgehead atoms. The molecular formula is C63H82FN3O11. The van der Waals surface area contributed by atoms with Crippen LogP contribution in [0.1, 0.15) is 139 Å². The van der Waals surface area contributed by atoms with Gasteiger partial charge in [0.25, 0.3) is 0 Å². The van der Waals surface area contributed by atoms with Crippen LogP contribution in [-0.2, 0) is 27.5 Å². The maximum Gasteiger partial charge on any atom is 0.417 e. The molecule has 0 spiro atoms. The van der Waals surface area contributed by atoms with Crippen molar-refractivity contribution in [3.05, 3.63) is 138 Å². The van der Waals surface area contributed by atoms with Crippen molar-refractivity contribution in [2.24, 2.45) is 22.9 Å². The average molecular weight is 1080 g/mol. The normalized spacial score (nSPS) is 20.6. The van der Waals surface area contributed by atoms with Crippen LogP contribution in [0.4, 0.5) is 19.7 Å². The number of rotatable bonds is 32. The minimum absolute atomic E-state index is 0.0203. The predicted octanol–water partition coefficient (Wildman–Crippen LogP) is 13.8. The van der Waals surface area contributed by atoms with Crippen LogP contribution >= 0.6 is 0 Å². The number of halogens is 1. The largest absolute Gasteiger partial charge is 0.497 e. The Labute approximate surface area is 460 Å². The quantitative estimate of drug-likeness (QED) is 0.0242. The number of methoxy groups -OCH3 is 2. The molecule has 1 heterocycles. The molecule has 3 N–H and O–H groups in total. The molecule has 1 fully saturated rings. The summed E-state index contributed by atoms with van der Waals surface area (Å²) in [5.41, 5.74) is 4.17. The highest BCUT2D eigenvalue weighted by molar-refractivity contribution is 6.03. The first-order chi connectivity index (χ1) is 38.2. The van der Waals surface area contributed by atoms with Gasteiger partial charge in [0, 0.05) is 43.7 Å². The molecule has 2 amide bonds. The Morgan fingerprint density at radius 1 is 0.821 bits per heavy atom. The summed E-state index contributed by atoms with van der Waals surface area (Å²) in [7, 11) is 3.05. The minimum atomic E-state index is -1.61. The molecule has 0 aromatic heterocycles. The second kappa shape index (κ2) is 30.7. The number of anilines is 1. The van der Waals surface area contributed by atoms with Gasteiger partial charge in [0.05, 0.1) is 44.8 Å². The summed E-state index contributed by atoms with van der Waals surface area (Å²) in [4.78, 5) is 36.9. The van der Waals surface area contributed by atoms with Crippen molar-refractivity contribution >= 4 is 23.6 Å². The van der Waals surface area contributed by atoms with Crippen molar-refractivity contribution in [3.8, 4) is 23.0 Å². The lowest BCUT2D eigenvalue weighted by molar-refractivity contribution is -0.256. The number of nitrogens with one attached hydrogen (secondary N) is 1. The third kappa shape index (κ3) is 15.7. The summed E-state index contributed by atoms with van der Waals surface area (Å²) < 4.78 is 52.4. The highest BCUT2D eigenvalue weighted by Gasteiger charge is 2.66. The van der Waals surface area contributed by atoms with Gasteiger partial charge < -0.3 is 43.5 Å².